The first-order valence-corrected chi connectivity index (χ1v) is 11.2. The lowest BCUT2D eigenvalue weighted by Gasteiger charge is -2.47. The predicted octanol–water partition coefficient (Wildman–Crippen LogP) is 5.46. The number of carbonyl (C=O) groups excluding carboxylic acids is 1. The number of aromatic amines is 1. The summed E-state index contributed by atoms with van der Waals surface area (Å²) >= 11 is 6.62. The highest BCUT2D eigenvalue weighted by Gasteiger charge is 2.44. The molecule has 0 radical (unpaired) electrons. The monoisotopic (exact) mass is 444 g/mol. The van der Waals surface area contributed by atoms with Crippen LogP contribution in [0.1, 0.15) is 66.4 Å². The van der Waals surface area contributed by atoms with Gasteiger partial charge in [-0.05, 0) is 65.4 Å². The molecule has 6 nitrogen and oxygen atoms in total. The number of nitrogens with zero attached hydrogens (tertiary/aromatic N) is 3. The molecule has 0 aromatic carbocycles. The van der Waals surface area contributed by atoms with Gasteiger partial charge in [-0.15, -0.1) is 0 Å². The third-order valence-electron chi connectivity index (χ3n) is 6.60. The van der Waals surface area contributed by atoms with Crippen LogP contribution in [-0.2, 0) is 10.2 Å². The number of fused-ring (bicyclic) bond motifs is 1. The molecule has 31 heavy (non-hydrogen) atoms. The van der Waals surface area contributed by atoms with Crippen molar-refractivity contribution < 1.29 is 9.53 Å². The lowest BCUT2D eigenvalue weighted by molar-refractivity contribution is -0.144. The maximum Gasteiger partial charge on any atom is 0.233 e. The number of nitriles is 1. The number of amides is 1. The molecule has 0 spiro atoms. The van der Waals surface area contributed by atoms with E-state index in [1.54, 1.807) is 13.3 Å². The topological polar surface area (TPSA) is 82.0 Å². The Morgan fingerprint density at radius 2 is 2.03 bits per heavy atom. The van der Waals surface area contributed by atoms with E-state index in [-0.39, 0.29) is 18.0 Å². The highest BCUT2D eigenvalue weighted by molar-refractivity contribution is 6.37. The van der Waals surface area contributed by atoms with Crippen molar-refractivity contribution in [3.05, 3.63) is 23.0 Å². The maximum absolute atomic E-state index is 14.1. The minimum atomic E-state index is -0.834. The average Bonchev–Trinajstić information content (AvgIpc) is 3.13. The second kappa shape index (κ2) is 8.35. The van der Waals surface area contributed by atoms with E-state index in [4.69, 9.17) is 16.3 Å². The Morgan fingerprint density at radius 3 is 2.65 bits per heavy atom. The zero-order chi connectivity index (χ0) is 23.1. The highest BCUT2D eigenvalue weighted by atomic mass is 35.5. The van der Waals surface area contributed by atoms with Gasteiger partial charge in [0, 0.05) is 23.7 Å². The molecular formula is C24H33ClN4O2. The third-order valence-corrected chi connectivity index (χ3v) is 6.98. The fourth-order valence-corrected chi connectivity index (χ4v) is 5.34. The molecule has 1 fully saturated rings. The lowest BCUT2D eigenvalue weighted by atomic mass is 9.76. The van der Waals surface area contributed by atoms with Gasteiger partial charge in [-0.25, -0.2) is 4.98 Å². The van der Waals surface area contributed by atoms with E-state index in [9.17, 15) is 10.1 Å². The van der Waals surface area contributed by atoms with Crippen LogP contribution in [0.15, 0.2) is 12.4 Å². The van der Waals surface area contributed by atoms with Crippen LogP contribution in [0.4, 0.5) is 0 Å². The molecule has 168 valence electrons. The second-order valence-corrected chi connectivity index (χ2v) is 10.6. The van der Waals surface area contributed by atoms with Crippen LogP contribution in [0.3, 0.4) is 0 Å². The van der Waals surface area contributed by atoms with Gasteiger partial charge in [0.05, 0.1) is 35.2 Å². The molecule has 1 saturated heterocycles. The molecule has 2 aromatic rings. The summed E-state index contributed by atoms with van der Waals surface area (Å²) in [5.74, 6) is 1.04. The molecule has 1 amide bonds. The summed E-state index contributed by atoms with van der Waals surface area (Å²) in [6.45, 7) is 12.1. The summed E-state index contributed by atoms with van der Waals surface area (Å²) in [6.07, 6.45) is 5.92. The van der Waals surface area contributed by atoms with Crippen molar-refractivity contribution in [2.45, 2.75) is 78.3 Å². The number of hydrogen-bond donors (Lipinski definition) is 1. The molecule has 3 unspecified atom stereocenters. The van der Waals surface area contributed by atoms with Crippen molar-refractivity contribution in [2.75, 3.05) is 7.11 Å². The van der Waals surface area contributed by atoms with Crippen molar-refractivity contribution in [3.63, 3.8) is 0 Å². The molecule has 0 saturated carbocycles. The molecule has 1 N–H and O–H groups in total. The maximum atomic E-state index is 14.1. The Hall–Kier alpha value is -2.26. The minimum absolute atomic E-state index is 0.0218. The Morgan fingerprint density at radius 1 is 1.35 bits per heavy atom. The summed E-state index contributed by atoms with van der Waals surface area (Å²) in [4.78, 5) is 23.6. The fraction of sp³-hybridized carbons (Fsp3) is 0.625. The number of ether oxygens (including phenoxy) is 1. The van der Waals surface area contributed by atoms with Crippen molar-refractivity contribution in [1.29, 1.82) is 5.26 Å². The van der Waals surface area contributed by atoms with Gasteiger partial charge in [-0.3, -0.25) is 4.79 Å². The van der Waals surface area contributed by atoms with E-state index in [0.29, 0.717) is 34.1 Å². The van der Waals surface area contributed by atoms with Crippen molar-refractivity contribution in [2.24, 2.45) is 11.3 Å². The number of pyridine rings is 1. The van der Waals surface area contributed by atoms with Crippen molar-refractivity contribution in [1.82, 2.24) is 14.9 Å². The van der Waals surface area contributed by atoms with Gasteiger partial charge in [0.15, 0.2) is 5.75 Å². The van der Waals surface area contributed by atoms with E-state index >= 15 is 0 Å². The number of aromatic nitrogens is 2. The molecule has 0 aliphatic carbocycles. The van der Waals surface area contributed by atoms with Crippen LogP contribution >= 0.6 is 11.6 Å². The Kier molecular flexibility index (Phi) is 6.30. The van der Waals surface area contributed by atoms with Crippen LogP contribution in [0.25, 0.3) is 11.0 Å². The van der Waals surface area contributed by atoms with E-state index in [1.165, 1.54) is 0 Å². The van der Waals surface area contributed by atoms with Crippen LogP contribution in [0, 0.1) is 22.7 Å². The van der Waals surface area contributed by atoms with Gasteiger partial charge < -0.3 is 14.6 Å². The zero-order valence-electron chi connectivity index (χ0n) is 19.5. The Bertz CT molecular complexity index is 1020. The summed E-state index contributed by atoms with van der Waals surface area (Å²) in [5.41, 5.74) is 0.0999. The molecule has 3 rings (SSSR count). The number of piperidine rings is 1. The number of carbonyl (C=O) groups is 1. The standard InChI is InChI=1S/C24H33ClN4O2/c1-14-8-15(2)29(16(9-14)10-23(3,4)13-26)22(30)24(5,6)17-11-27-21-19(17)20(25)18(31-7)12-28-21/h11-12,14-16H,8-10H2,1-7H3,(H,27,28). The first-order chi connectivity index (χ1) is 14.4. The largest absolute Gasteiger partial charge is 0.494 e. The molecule has 1 aliphatic heterocycles. The summed E-state index contributed by atoms with van der Waals surface area (Å²) in [6, 6.07) is 2.53. The van der Waals surface area contributed by atoms with E-state index in [0.717, 1.165) is 18.4 Å². The molecular weight excluding hydrogens is 412 g/mol. The zero-order valence-corrected chi connectivity index (χ0v) is 20.3. The highest BCUT2D eigenvalue weighted by Crippen LogP contribution is 2.42. The normalized spacial score (nSPS) is 22.4. The molecule has 3 heterocycles. The number of likely N-dealkylation sites (tertiary alicyclic amines) is 1. The summed E-state index contributed by atoms with van der Waals surface area (Å²) < 4.78 is 5.35. The molecule has 7 heteroatoms. The lowest BCUT2D eigenvalue weighted by Crippen LogP contribution is -2.56. The number of halogens is 1. The first kappa shape index (κ1) is 23.4. The van der Waals surface area contributed by atoms with Crippen LogP contribution in [-0.4, -0.2) is 40.0 Å². The molecule has 1 aliphatic rings. The molecule has 2 aromatic heterocycles. The van der Waals surface area contributed by atoms with Gasteiger partial charge in [0.2, 0.25) is 5.91 Å². The Balaban J connectivity index is 2.05. The van der Waals surface area contributed by atoms with Crippen LogP contribution in [0.2, 0.25) is 5.02 Å². The minimum Gasteiger partial charge on any atom is -0.494 e. The van der Waals surface area contributed by atoms with E-state index in [2.05, 4.69) is 29.9 Å². The number of nitrogens with one attached hydrogen (secondary N) is 1. The van der Waals surface area contributed by atoms with Gasteiger partial charge in [0.25, 0.3) is 0 Å². The smallest absolute Gasteiger partial charge is 0.233 e. The molecule has 3 atom stereocenters. The van der Waals surface area contributed by atoms with E-state index < -0.39 is 10.8 Å². The van der Waals surface area contributed by atoms with Crippen LogP contribution in [0.5, 0.6) is 5.75 Å². The van der Waals surface area contributed by atoms with Crippen molar-refractivity contribution >= 4 is 28.5 Å². The summed E-state index contributed by atoms with van der Waals surface area (Å²) in [5, 5.41) is 10.8. The number of H-pyrrole nitrogens is 1. The van der Waals surface area contributed by atoms with Gasteiger partial charge >= 0.3 is 0 Å². The predicted molar refractivity (Wildman–Crippen MR) is 123 cm³/mol. The van der Waals surface area contributed by atoms with Crippen molar-refractivity contribution in [3.8, 4) is 11.8 Å². The first-order valence-electron chi connectivity index (χ1n) is 10.9. The quantitative estimate of drug-likeness (QED) is 0.663. The van der Waals surface area contributed by atoms with Gasteiger partial charge in [0.1, 0.15) is 5.65 Å². The van der Waals surface area contributed by atoms with Gasteiger partial charge in [-0.2, -0.15) is 5.26 Å². The Labute approximate surface area is 189 Å². The second-order valence-electron chi connectivity index (χ2n) is 10.2. The number of rotatable bonds is 5. The molecule has 0 bridgehead atoms. The summed E-state index contributed by atoms with van der Waals surface area (Å²) in [7, 11) is 1.55. The third kappa shape index (κ3) is 4.25. The average molecular weight is 445 g/mol. The van der Waals surface area contributed by atoms with Crippen LogP contribution < -0.4 is 4.74 Å². The number of methoxy groups -OCH3 is 1. The number of hydrogen-bond acceptors (Lipinski definition) is 4. The van der Waals surface area contributed by atoms with Gasteiger partial charge in [-0.1, -0.05) is 18.5 Å². The fourth-order valence-electron chi connectivity index (χ4n) is 5.03. The van der Waals surface area contributed by atoms with E-state index in [1.807, 2.05) is 38.8 Å². The SMILES string of the molecule is COc1cnc2[nH]cc(C(C)(C)C(=O)N3C(C)CC(C)CC3CC(C)(C)C#N)c2c1Cl.